The minimum Gasteiger partial charge on any atom is -0.491 e. The van der Waals surface area contributed by atoms with Crippen LogP contribution in [-0.4, -0.2) is 116 Å². The molecule has 0 bridgehead atoms. The summed E-state index contributed by atoms with van der Waals surface area (Å²) in [4.78, 5) is 51.1. The molecule has 6 N–H and O–H groups in total. The molecule has 0 saturated carbocycles. The zero-order valence-corrected chi connectivity index (χ0v) is 40.4. The number of hydrogen-bond acceptors (Lipinski definition) is 9. The van der Waals surface area contributed by atoms with E-state index >= 15 is 8.78 Å². The summed E-state index contributed by atoms with van der Waals surface area (Å²) >= 11 is 0. The molecule has 77 heavy (non-hydrogen) atoms. The van der Waals surface area contributed by atoms with Crippen LogP contribution >= 0.6 is 0 Å². The molecule has 6 rings (SSSR count). The first-order chi connectivity index (χ1) is 35.9. The van der Waals surface area contributed by atoms with Crippen LogP contribution in [0.25, 0.3) is 11.1 Å². The number of allylic oxidation sites excluding steroid dienone is 2. The number of ether oxygens (including phenoxy) is 2. The highest BCUT2D eigenvalue weighted by Gasteiger charge is 2.45. The largest absolute Gasteiger partial charge is 0.491 e. The number of hydrogen-bond donors (Lipinski definition) is 5. The Balaban J connectivity index is 0.000000312. The average molecular weight is 1110 g/mol. The van der Waals surface area contributed by atoms with Crippen LogP contribution in [0.4, 0.5) is 72.8 Å². The predicted octanol–water partition coefficient (Wildman–Crippen LogP) is 9.43. The van der Waals surface area contributed by atoms with Crippen LogP contribution in [0.5, 0.6) is 11.5 Å². The third kappa shape index (κ3) is 16.6. The molecule has 0 saturated heterocycles. The minimum atomic E-state index is -5.07. The molecule has 4 aromatic carbocycles. The van der Waals surface area contributed by atoms with E-state index in [1.165, 1.54) is 0 Å². The number of anilines is 2. The lowest BCUT2D eigenvalue weighted by Gasteiger charge is -2.25. The van der Waals surface area contributed by atoms with Gasteiger partial charge in [-0.25, -0.2) is 39.9 Å². The molecule has 0 aliphatic carbocycles. The third-order valence-corrected chi connectivity index (χ3v) is 10.8. The molecule has 0 radical (unpaired) electrons. The van der Waals surface area contributed by atoms with Gasteiger partial charge in [0.25, 0.3) is 23.7 Å². The van der Waals surface area contributed by atoms with Gasteiger partial charge in [0.05, 0.1) is 46.8 Å². The van der Waals surface area contributed by atoms with Gasteiger partial charge in [0.15, 0.2) is 0 Å². The molecule has 13 nitrogen and oxygen atoms in total. The number of carboxylic acid groups (broad SMARTS) is 1. The standard InChI is InChI=1S/C25H23F7N2O4.C23H18F7NO4.C2H7NO/c1-14(26)13-38-16-3-4-17(20(11-16)25(30,31)32)23(37)34-8-6-24(28,29)19(12-22(36)33-7-9-35)18-10-15(27)2-5-21(18)34;1-12(24)11-35-14-3-4-15(18(9-14)23(28,29)30)21(34)31-7-6-22(26,27)17(10-20(32)33)16-8-13(25)2-5-19(16)31;3-1-2-4/h2-5,10-12,14,35H,6-9,13H2,1H3,(H,33,36);2-5,8-10,12H,6-7,11H2,1H3,(H,32,33);4H,1-3H2/b19-12-;17-10-;/t14-;12-;/m11./s1. The second-order valence-corrected chi connectivity index (χ2v) is 16.7. The van der Waals surface area contributed by atoms with Gasteiger partial charge in [-0.1, -0.05) is 0 Å². The highest BCUT2D eigenvalue weighted by Crippen LogP contribution is 2.46. The van der Waals surface area contributed by atoms with Crippen molar-refractivity contribution in [1.29, 1.82) is 0 Å². The smallest absolute Gasteiger partial charge is 0.417 e. The van der Waals surface area contributed by atoms with Crippen molar-refractivity contribution in [2.45, 2.75) is 63.2 Å². The van der Waals surface area contributed by atoms with E-state index in [-0.39, 0.29) is 42.1 Å². The Bertz CT molecular complexity index is 2820. The summed E-state index contributed by atoms with van der Waals surface area (Å²) in [5.41, 5.74) is -3.90. The Morgan fingerprint density at radius 2 is 1.05 bits per heavy atom. The SMILES string of the molecule is C[C@@H](F)COc1ccc(C(=O)N2CCC(F)(F)/C(=C\C(=O)NCCO)c3cc(F)ccc32)c(C(F)(F)F)c1.C[C@@H](F)COc1ccc(C(=O)N2CCC(F)(F)/C(=C\C(=O)O)c3cc(F)ccc32)c(C(F)(F)F)c1.NCCO. The first-order valence-corrected chi connectivity index (χ1v) is 22.7. The highest BCUT2D eigenvalue weighted by molar-refractivity contribution is 6.11. The van der Waals surface area contributed by atoms with Crippen molar-refractivity contribution >= 4 is 46.2 Å². The lowest BCUT2D eigenvalue weighted by atomic mass is 9.96. The van der Waals surface area contributed by atoms with Crippen molar-refractivity contribution in [1.82, 2.24) is 5.32 Å². The maximum Gasteiger partial charge on any atom is 0.417 e. The number of aliphatic carboxylic acids is 1. The van der Waals surface area contributed by atoms with E-state index < -0.39 is 162 Å². The number of carbonyl (C=O) groups excluding carboxylic acids is 3. The van der Waals surface area contributed by atoms with Gasteiger partial charge in [-0.2, -0.15) is 26.3 Å². The van der Waals surface area contributed by atoms with Crippen LogP contribution in [-0.2, 0) is 21.9 Å². The zero-order valence-electron chi connectivity index (χ0n) is 40.4. The van der Waals surface area contributed by atoms with Gasteiger partial charge in [0.1, 0.15) is 48.7 Å². The van der Waals surface area contributed by atoms with Crippen molar-refractivity contribution in [3.05, 3.63) is 130 Å². The van der Waals surface area contributed by atoms with Gasteiger partial charge in [0, 0.05) is 73.4 Å². The number of carboxylic acids is 1. The Kier molecular flexibility index (Phi) is 21.2. The number of carbonyl (C=O) groups is 4. The lowest BCUT2D eigenvalue weighted by molar-refractivity contribution is -0.138. The van der Waals surface area contributed by atoms with E-state index in [1.807, 2.05) is 0 Å². The number of halogens is 14. The number of aliphatic hydroxyl groups is 2. The zero-order chi connectivity index (χ0) is 57.8. The fourth-order valence-corrected chi connectivity index (χ4v) is 7.38. The first-order valence-electron chi connectivity index (χ1n) is 22.7. The van der Waals surface area contributed by atoms with Crippen molar-refractivity contribution in [3.63, 3.8) is 0 Å². The van der Waals surface area contributed by atoms with Gasteiger partial charge in [-0.15, -0.1) is 0 Å². The van der Waals surface area contributed by atoms with Crippen LogP contribution in [0.15, 0.2) is 84.9 Å². The number of rotatable bonds is 13. The van der Waals surface area contributed by atoms with E-state index in [2.05, 4.69) is 5.32 Å². The van der Waals surface area contributed by atoms with Gasteiger partial charge in [-0.05, 0) is 86.6 Å². The summed E-state index contributed by atoms with van der Waals surface area (Å²) in [6.07, 6.45) is -14.6. The van der Waals surface area contributed by atoms with Crippen LogP contribution in [0.3, 0.4) is 0 Å². The van der Waals surface area contributed by atoms with E-state index in [0.29, 0.717) is 46.7 Å². The van der Waals surface area contributed by atoms with Gasteiger partial charge in [0.2, 0.25) is 5.91 Å². The van der Waals surface area contributed by atoms with Crippen LogP contribution in [0.1, 0.15) is 69.7 Å². The molecule has 0 fully saturated rings. The van der Waals surface area contributed by atoms with Crippen LogP contribution in [0.2, 0.25) is 0 Å². The number of benzene rings is 4. The van der Waals surface area contributed by atoms with E-state index in [1.54, 1.807) is 0 Å². The molecular weight excluding hydrogens is 1070 g/mol. The predicted molar refractivity (Wildman–Crippen MR) is 250 cm³/mol. The third-order valence-electron chi connectivity index (χ3n) is 10.8. The number of nitrogens with two attached hydrogens (primary N) is 1. The monoisotopic (exact) mass is 1110 g/mol. The molecule has 0 unspecified atom stereocenters. The van der Waals surface area contributed by atoms with E-state index in [4.69, 9.17) is 30.5 Å². The Labute approximate surface area is 429 Å². The van der Waals surface area contributed by atoms with Crippen molar-refractivity contribution in [2.24, 2.45) is 5.73 Å². The maximum absolute atomic E-state index is 15.1. The number of fused-ring (bicyclic) bond motifs is 2. The lowest BCUT2D eigenvalue weighted by Crippen LogP contribution is -2.34. The fraction of sp³-hybridized carbons (Fsp3) is 0.360. The second-order valence-electron chi connectivity index (χ2n) is 16.7. The summed E-state index contributed by atoms with van der Waals surface area (Å²) in [5, 5.41) is 27.8. The second kappa shape index (κ2) is 26.2. The number of aliphatic hydroxyl groups excluding tert-OH is 2. The van der Waals surface area contributed by atoms with E-state index in [9.17, 15) is 71.9 Å². The summed E-state index contributed by atoms with van der Waals surface area (Å²) < 4.78 is 207. The van der Waals surface area contributed by atoms with Crippen molar-refractivity contribution in [3.8, 4) is 11.5 Å². The normalized spacial score (nSPS) is 16.7. The van der Waals surface area contributed by atoms with Gasteiger partial charge < -0.3 is 45.6 Å². The number of nitrogens with zero attached hydrogens (tertiary/aromatic N) is 2. The molecule has 0 aromatic heterocycles. The quantitative estimate of drug-likeness (QED) is 0.0637. The fourth-order valence-electron chi connectivity index (χ4n) is 7.38. The molecule has 3 amide bonds. The minimum absolute atomic E-state index is 0.0972. The van der Waals surface area contributed by atoms with Crippen molar-refractivity contribution in [2.75, 3.05) is 62.4 Å². The highest BCUT2D eigenvalue weighted by atomic mass is 19.4. The Morgan fingerprint density at radius 1 is 0.662 bits per heavy atom. The maximum atomic E-state index is 15.1. The average Bonchev–Trinajstić information content (AvgIpc) is 3.52. The van der Waals surface area contributed by atoms with E-state index in [0.717, 1.165) is 62.4 Å². The van der Waals surface area contributed by atoms with Crippen molar-refractivity contribution < 1.29 is 105 Å². The van der Waals surface area contributed by atoms with Crippen LogP contribution < -0.4 is 30.3 Å². The van der Waals surface area contributed by atoms with Gasteiger partial charge in [-0.3, -0.25) is 14.4 Å². The van der Waals surface area contributed by atoms with Crippen LogP contribution in [0, 0.1) is 11.6 Å². The Hall–Kier alpha value is -7.26. The Morgan fingerprint density at radius 3 is 1.39 bits per heavy atom. The first kappa shape index (κ1) is 62.3. The summed E-state index contributed by atoms with van der Waals surface area (Å²) in [6, 6.07) is 9.31. The molecule has 2 aliphatic rings. The number of alkyl halides is 12. The molecule has 420 valence electrons. The molecule has 2 heterocycles. The van der Waals surface area contributed by atoms with Gasteiger partial charge >= 0.3 is 18.3 Å². The number of amides is 3. The summed E-state index contributed by atoms with van der Waals surface area (Å²) in [7, 11) is 0. The molecule has 0 spiro atoms. The summed E-state index contributed by atoms with van der Waals surface area (Å²) in [5.74, 6) is -15.8. The molecule has 2 aliphatic heterocycles. The topological polar surface area (TPSA) is 192 Å². The molecule has 27 heteroatoms. The number of nitrogens with one attached hydrogen (secondary N) is 1. The molecule has 4 aromatic rings. The summed E-state index contributed by atoms with van der Waals surface area (Å²) in [6.45, 7) is -0.627. The molecular formula is C50H48F14N4O9. The molecule has 2 atom stereocenters.